The van der Waals surface area contributed by atoms with Crippen molar-refractivity contribution in [2.24, 2.45) is 5.92 Å². The molecule has 2 fully saturated rings. The Labute approximate surface area is 185 Å². The number of allylic oxidation sites excluding steroid dienone is 1. The van der Waals surface area contributed by atoms with Gasteiger partial charge in [-0.15, -0.1) is 0 Å². The van der Waals surface area contributed by atoms with Crippen molar-refractivity contribution < 1.29 is 9.84 Å². The molecule has 0 amide bonds. The Kier molecular flexibility index (Phi) is 4.63. The summed E-state index contributed by atoms with van der Waals surface area (Å²) in [6, 6.07) is 9.03. The van der Waals surface area contributed by atoms with E-state index in [4.69, 9.17) is 4.74 Å². The van der Waals surface area contributed by atoms with Gasteiger partial charge >= 0.3 is 0 Å². The van der Waals surface area contributed by atoms with Gasteiger partial charge in [0.05, 0.1) is 17.3 Å². The lowest BCUT2D eigenvalue weighted by Gasteiger charge is -2.47. The van der Waals surface area contributed by atoms with E-state index in [1.165, 1.54) is 46.7 Å². The van der Waals surface area contributed by atoms with Gasteiger partial charge in [-0.1, -0.05) is 31.2 Å². The smallest absolute Gasteiger partial charge is 0.0966 e. The number of ether oxygens (including phenoxy) is 1. The van der Waals surface area contributed by atoms with E-state index in [0.717, 1.165) is 38.5 Å². The van der Waals surface area contributed by atoms with Crippen LogP contribution >= 0.6 is 0 Å². The maximum Gasteiger partial charge on any atom is 0.0966 e. The number of nitrogens with zero attached hydrogens (tertiary/aromatic N) is 1. The molecule has 6 rings (SSSR count). The van der Waals surface area contributed by atoms with Gasteiger partial charge in [0.2, 0.25) is 0 Å². The lowest BCUT2D eigenvalue weighted by Crippen LogP contribution is -2.48. The Morgan fingerprint density at radius 3 is 2.94 bits per heavy atom. The van der Waals surface area contributed by atoms with Crippen molar-refractivity contribution in [3.05, 3.63) is 65.5 Å². The number of pyridine rings is 1. The zero-order valence-corrected chi connectivity index (χ0v) is 18.5. The topological polar surface area (TPSA) is 42.4 Å². The Morgan fingerprint density at radius 2 is 2.00 bits per heavy atom. The van der Waals surface area contributed by atoms with Crippen molar-refractivity contribution in [3.8, 4) is 0 Å². The number of fused-ring (bicyclic) bond motifs is 1. The third-order valence-corrected chi connectivity index (χ3v) is 8.75. The molecule has 31 heavy (non-hydrogen) atoms. The van der Waals surface area contributed by atoms with Gasteiger partial charge in [-0.2, -0.15) is 0 Å². The number of aliphatic hydroxyl groups excluding tert-OH is 1. The molecule has 2 bridgehead atoms. The molecule has 1 aromatic carbocycles. The summed E-state index contributed by atoms with van der Waals surface area (Å²) in [6.45, 7) is 2.40. The first-order chi connectivity index (χ1) is 15.1. The largest absolute Gasteiger partial charge is 0.393 e. The van der Waals surface area contributed by atoms with E-state index >= 15 is 0 Å². The Hall–Kier alpha value is -1.97. The molecule has 3 heteroatoms. The minimum atomic E-state index is -0.212. The minimum absolute atomic E-state index is 0.150. The van der Waals surface area contributed by atoms with Crippen LogP contribution in [-0.2, 0) is 4.74 Å². The molecule has 3 nitrogen and oxygen atoms in total. The highest BCUT2D eigenvalue weighted by Gasteiger charge is 2.58. The van der Waals surface area contributed by atoms with Crippen LogP contribution in [0.15, 0.2) is 60.0 Å². The summed E-state index contributed by atoms with van der Waals surface area (Å²) >= 11 is 0. The maximum absolute atomic E-state index is 10.4. The molecule has 1 N–H and O–H groups in total. The van der Waals surface area contributed by atoms with E-state index in [0.29, 0.717) is 11.8 Å². The first-order valence-electron chi connectivity index (χ1n) is 12.2. The van der Waals surface area contributed by atoms with Gasteiger partial charge in [-0.05, 0) is 97.4 Å². The van der Waals surface area contributed by atoms with Crippen molar-refractivity contribution >= 4 is 10.8 Å². The highest BCUT2D eigenvalue weighted by atomic mass is 16.5. The summed E-state index contributed by atoms with van der Waals surface area (Å²) in [7, 11) is 0. The van der Waals surface area contributed by atoms with Crippen molar-refractivity contribution in [2.75, 3.05) is 0 Å². The van der Waals surface area contributed by atoms with Gasteiger partial charge in [-0.25, -0.2) is 0 Å². The monoisotopic (exact) mass is 415 g/mol. The number of benzene rings is 1. The summed E-state index contributed by atoms with van der Waals surface area (Å²) in [4.78, 5) is 4.32. The summed E-state index contributed by atoms with van der Waals surface area (Å²) in [5, 5.41) is 12.9. The van der Waals surface area contributed by atoms with Crippen molar-refractivity contribution in [1.29, 1.82) is 0 Å². The predicted molar refractivity (Wildman–Crippen MR) is 124 cm³/mol. The van der Waals surface area contributed by atoms with E-state index in [9.17, 15) is 5.11 Å². The highest BCUT2D eigenvalue weighted by Crippen LogP contribution is 2.59. The fourth-order valence-electron chi connectivity index (χ4n) is 6.91. The second kappa shape index (κ2) is 7.28. The molecule has 2 aliphatic carbocycles. The molecule has 2 spiro atoms. The standard InChI is InChI=1S/C28H33NO2/c1-19-5-6-20(22-8-7-21-11-14-29-18-23(21)15-22)3-2-4-25-16-24-9-10-26(30)17-27(24)12-13-28(19,25)31-27/h4,7-8,11,14-16,18-20,26,30H,2-3,5-6,9-10,12-13,17H2,1H3/b25-4-/t19-,20?,26+,27+,28-/m0/s1. The molecule has 2 aliphatic heterocycles. The molecular formula is C28H33NO2. The number of hydrogen-bond acceptors (Lipinski definition) is 3. The fourth-order valence-corrected chi connectivity index (χ4v) is 6.91. The van der Waals surface area contributed by atoms with Crippen LogP contribution in [0.3, 0.4) is 0 Å². The Morgan fingerprint density at radius 1 is 1.06 bits per heavy atom. The lowest BCUT2D eigenvalue weighted by atomic mass is 9.74. The van der Waals surface area contributed by atoms with Crippen LogP contribution in [0.4, 0.5) is 0 Å². The summed E-state index contributed by atoms with van der Waals surface area (Å²) in [5.74, 6) is 1.06. The molecule has 1 unspecified atom stereocenters. The molecule has 1 saturated heterocycles. The quantitative estimate of drug-likeness (QED) is 0.600. The first-order valence-corrected chi connectivity index (χ1v) is 12.2. The second-order valence-corrected chi connectivity index (χ2v) is 10.4. The van der Waals surface area contributed by atoms with Crippen LogP contribution < -0.4 is 0 Å². The van der Waals surface area contributed by atoms with Crippen LogP contribution in [0.25, 0.3) is 10.8 Å². The molecule has 1 saturated carbocycles. The van der Waals surface area contributed by atoms with E-state index in [1.807, 2.05) is 12.4 Å². The van der Waals surface area contributed by atoms with Crippen LogP contribution in [-0.4, -0.2) is 27.4 Å². The third-order valence-electron chi connectivity index (χ3n) is 8.75. The van der Waals surface area contributed by atoms with Gasteiger partial charge in [0, 0.05) is 24.2 Å². The summed E-state index contributed by atoms with van der Waals surface area (Å²) in [5.41, 5.74) is 3.99. The number of aliphatic hydroxyl groups is 1. The molecule has 3 heterocycles. The molecule has 0 radical (unpaired) electrons. The predicted octanol–water partition coefficient (Wildman–Crippen LogP) is 6.23. The van der Waals surface area contributed by atoms with Crippen LogP contribution in [0, 0.1) is 5.92 Å². The maximum atomic E-state index is 10.4. The second-order valence-electron chi connectivity index (χ2n) is 10.4. The highest BCUT2D eigenvalue weighted by molar-refractivity contribution is 5.82. The number of hydrogen-bond donors (Lipinski definition) is 1. The fraction of sp³-hybridized carbons (Fsp3) is 0.536. The molecule has 5 atom stereocenters. The van der Waals surface area contributed by atoms with E-state index in [2.05, 4.69) is 48.3 Å². The van der Waals surface area contributed by atoms with Gasteiger partial charge in [0.1, 0.15) is 0 Å². The number of aromatic nitrogens is 1. The third kappa shape index (κ3) is 3.12. The van der Waals surface area contributed by atoms with Crippen molar-refractivity contribution in [3.63, 3.8) is 0 Å². The Bertz CT molecular complexity index is 1070. The molecule has 162 valence electrons. The van der Waals surface area contributed by atoms with E-state index in [1.54, 1.807) is 0 Å². The van der Waals surface area contributed by atoms with Gasteiger partial charge in [0.15, 0.2) is 0 Å². The zero-order valence-electron chi connectivity index (χ0n) is 18.5. The van der Waals surface area contributed by atoms with E-state index < -0.39 is 0 Å². The lowest BCUT2D eigenvalue weighted by molar-refractivity contribution is -0.122. The molecule has 4 aliphatic rings. The normalized spacial score (nSPS) is 39.4. The van der Waals surface area contributed by atoms with Crippen LogP contribution in [0.1, 0.15) is 76.2 Å². The molecule has 1 aromatic heterocycles. The summed E-state index contributed by atoms with van der Waals surface area (Å²) < 4.78 is 7.05. The average Bonchev–Trinajstić information content (AvgIpc) is 3.13. The minimum Gasteiger partial charge on any atom is -0.393 e. The van der Waals surface area contributed by atoms with Gasteiger partial charge in [0.25, 0.3) is 0 Å². The van der Waals surface area contributed by atoms with E-state index in [-0.39, 0.29) is 17.3 Å². The molecular weight excluding hydrogens is 382 g/mol. The molecule has 2 aromatic rings. The van der Waals surface area contributed by atoms with Gasteiger partial charge in [-0.3, -0.25) is 4.98 Å². The first kappa shape index (κ1) is 19.7. The van der Waals surface area contributed by atoms with Crippen molar-refractivity contribution in [1.82, 2.24) is 4.98 Å². The van der Waals surface area contributed by atoms with Crippen LogP contribution in [0.2, 0.25) is 0 Å². The summed E-state index contributed by atoms with van der Waals surface area (Å²) in [6.07, 6.45) is 18.1. The SMILES string of the molecule is C[C@H]1CCC(c2ccc3ccncc3c2)CC/C=C2/C=C3CC[C@@H](O)C[C@]34CC[C@@]21O4. The Balaban J connectivity index is 1.32. The van der Waals surface area contributed by atoms with Gasteiger partial charge < -0.3 is 9.84 Å². The van der Waals surface area contributed by atoms with Crippen LogP contribution in [0.5, 0.6) is 0 Å². The average molecular weight is 416 g/mol. The number of rotatable bonds is 1. The zero-order chi connectivity index (χ0) is 21.1. The van der Waals surface area contributed by atoms with Crippen molar-refractivity contribution in [2.45, 2.75) is 87.9 Å².